The lowest BCUT2D eigenvalue weighted by atomic mass is 10.0. The molecular formula is C24H31N3O4S. The van der Waals surface area contributed by atoms with Crippen LogP contribution in [0.1, 0.15) is 12.8 Å². The number of anilines is 1. The highest BCUT2D eigenvalue weighted by atomic mass is 32.2. The van der Waals surface area contributed by atoms with Gasteiger partial charge in [-0.3, -0.25) is 9.69 Å². The molecule has 1 fully saturated rings. The van der Waals surface area contributed by atoms with Crippen LogP contribution in [-0.4, -0.2) is 73.2 Å². The van der Waals surface area contributed by atoms with Crippen LogP contribution in [0.5, 0.6) is 11.5 Å². The number of aliphatic hydroxyl groups excluding tert-OH is 1. The maximum Gasteiger partial charge on any atom is 0.238 e. The summed E-state index contributed by atoms with van der Waals surface area (Å²) in [5, 5.41) is 17.0. The van der Waals surface area contributed by atoms with Gasteiger partial charge in [-0.1, -0.05) is 24.3 Å². The van der Waals surface area contributed by atoms with Crippen LogP contribution in [0.2, 0.25) is 0 Å². The van der Waals surface area contributed by atoms with E-state index in [1.54, 1.807) is 11.8 Å². The van der Waals surface area contributed by atoms with Gasteiger partial charge in [0.2, 0.25) is 5.91 Å². The maximum atomic E-state index is 12.5. The van der Waals surface area contributed by atoms with Crippen molar-refractivity contribution in [3.8, 4) is 11.5 Å². The van der Waals surface area contributed by atoms with Crippen LogP contribution >= 0.6 is 11.8 Å². The van der Waals surface area contributed by atoms with Crippen LogP contribution in [-0.2, 0) is 4.79 Å². The van der Waals surface area contributed by atoms with E-state index in [0.717, 1.165) is 42.3 Å². The van der Waals surface area contributed by atoms with E-state index in [0.29, 0.717) is 31.5 Å². The van der Waals surface area contributed by atoms with E-state index in [-0.39, 0.29) is 12.0 Å². The van der Waals surface area contributed by atoms with Crippen LogP contribution in [0.25, 0.3) is 0 Å². The molecule has 0 bridgehead atoms. The smallest absolute Gasteiger partial charge is 0.238 e. The lowest BCUT2D eigenvalue weighted by Crippen LogP contribution is -2.50. The zero-order valence-electron chi connectivity index (χ0n) is 18.3. The van der Waals surface area contributed by atoms with Crippen molar-refractivity contribution in [2.75, 3.05) is 44.4 Å². The molecule has 2 unspecified atom stereocenters. The van der Waals surface area contributed by atoms with Gasteiger partial charge in [-0.05, 0) is 43.4 Å². The summed E-state index contributed by atoms with van der Waals surface area (Å²) in [6.07, 6.45) is 2.85. The number of fused-ring (bicyclic) bond motifs is 1. The quantitative estimate of drug-likeness (QED) is 0.526. The molecule has 32 heavy (non-hydrogen) atoms. The first-order valence-corrected chi connectivity index (χ1v) is 12.3. The first kappa shape index (κ1) is 22.9. The Labute approximate surface area is 193 Å². The number of rotatable bonds is 8. The molecular weight excluding hydrogens is 426 g/mol. The number of benzene rings is 2. The van der Waals surface area contributed by atoms with E-state index < -0.39 is 6.10 Å². The molecule has 0 aliphatic carbocycles. The van der Waals surface area contributed by atoms with Crippen molar-refractivity contribution >= 4 is 23.4 Å². The zero-order chi connectivity index (χ0) is 22.3. The number of ether oxygens (including phenoxy) is 2. The number of likely N-dealkylation sites (tertiary alicyclic amines) is 1. The summed E-state index contributed by atoms with van der Waals surface area (Å²) in [6.45, 7) is 2.88. The van der Waals surface area contributed by atoms with Gasteiger partial charge in [-0.15, -0.1) is 11.8 Å². The second kappa shape index (κ2) is 11.0. The molecule has 1 amide bonds. The number of amides is 1. The van der Waals surface area contributed by atoms with Gasteiger partial charge >= 0.3 is 0 Å². The van der Waals surface area contributed by atoms with Gasteiger partial charge in [-0.25, -0.2) is 0 Å². The first-order valence-electron chi connectivity index (χ1n) is 11.1. The second-order valence-electron chi connectivity index (χ2n) is 8.19. The Morgan fingerprint density at radius 2 is 1.88 bits per heavy atom. The molecule has 172 valence electrons. The Balaban J connectivity index is 1.16. The molecule has 7 nitrogen and oxygen atoms in total. The molecule has 2 aromatic carbocycles. The third kappa shape index (κ3) is 5.95. The SMILES string of the molecule is CSc1ccccc1NC(=O)CN1CCC(NCC(O)C2COc3ccccc3O2)CC1. The van der Waals surface area contributed by atoms with Gasteiger partial charge in [-0.2, -0.15) is 0 Å². The molecule has 2 aromatic rings. The van der Waals surface area contributed by atoms with Crippen LogP contribution in [0.4, 0.5) is 5.69 Å². The van der Waals surface area contributed by atoms with E-state index in [4.69, 9.17) is 9.47 Å². The number of thioether (sulfide) groups is 1. The van der Waals surface area contributed by atoms with Gasteiger partial charge in [0.15, 0.2) is 17.6 Å². The lowest BCUT2D eigenvalue weighted by Gasteiger charge is -2.34. The maximum absolute atomic E-state index is 12.5. The second-order valence-corrected chi connectivity index (χ2v) is 9.04. The van der Waals surface area contributed by atoms with E-state index in [1.165, 1.54) is 0 Å². The highest BCUT2D eigenvalue weighted by Gasteiger charge is 2.28. The predicted octanol–water partition coefficient (Wildman–Crippen LogP) is 2.60. The minimum Gasteiger partial charge on any atom is -0.486 e. The summed E-state index contributed by atoms with van der Waals surface area (Å²) in [6, 6.07) is 15.7. The summed E-state index contributed by atoms with van der Waals surface area (Å²) < 4.78 is 11.6. The highest BCUT2D eigenvalue weighted by molar-refractivity contribution is 7.98. The standard InChI is InChI=1S/C24H31N3O4S/c1-32-23-9-5-2-6-18(23)26-24(29)15-27-12-10-17(11-13-27)25-14-19(28)22-16-30-20-7-3-4-8-21(20)31-22/h2-9,17,19,22,25,28H,10-16H2,1H3,(H,26,29). The average molecular weight is 458 g/mol. The van der Waals surface area contributed by atoms with Crippen molar-refractivity contribution in [2.45, 2.75) is 36.0 Å². The third-order valence-electron chi connectivity index (χ3n) is 5.91. The van der Waals surface area contributed by atoms with Crippen molar-refractivity contribution in [3.05, 3.63) is 48.5 Å². The van der Waals surface area contributed by atoms with Crippen molar-refractivity contribution < 1.29 is 19.4 Å². The van der Waals surface area contributed by atoms with E-state index >= 15 is 0 Å². The van der Waals surface area contributed by atoms with Crippen LogP contribution in [0, 0.1) is 0 Å². The molecule has 0 radical (unpaired) electrons. The summed E-state index contributed by atoms with van der Waals surface area (Å²) in [7, 11) is 0. The number of hydrogen-bond acceptors (Lipinski definition) is 7. The fourth-order valence-corrected chi connectivity index (χ4v) is 4.63. The monoisotopic (exact) mass is 457 g/mol. The van der Waals surface area contributed by atoms with Crippen molar-refractivity contribution in [3.63, 3.8) is 0 Å². The lowest BCUT2D eigenvalue weighted by molar-refractivity contribution is -0.117. The molecule has 1 saturated heterocycles. The van der Waals surface area contributed by atoms with Crippen molar-refractivity contribution in [1.29, 1.82) is 0 Å². The van der Waals surface area contributed by atoms with E-state index in [9.17, 15) is 9.90 Å². The molecule has 2 atom stereocenters. The average Bonchev–Trinajstić information content (AvgIpc) is 2.83. The number of nitrogens with one attached hydrogen (secondary N) is 2. The fraction of sp³-hybridized carbons (Fsp3) is 0.458. The fourth-order valence-electron chi connectivity index (χ4n) is 4.08. The normalized spacial score (nSPS) is 20.0. The van der Waals surface area contributed by atoms with Gasteiger partial charge in [0, 0.05) is 30.6 Å². The van der Waals surface area contributed by atoms with Crippen LogP contribution in [0.15, 0.2) is 53.4 Å². The summed E-state index contributed by atoms with van der Waals surface area (Å²) in [4.78, 5) is 15.7. The van der Waals surface area contributed by atoms with Crippen LogP contribution in [0.3, 0.4) is 0 Å². The minimum atomic E-state index is -0.649. The molecule has 8 heteroatoms. The number of carbonyl (C=O) groups excluding carboxylic acids is 1. The molecule has 0 saturated carbocycles. The molecule has 0 spiro atoms. The summed E-state index contributed by atoms with van der Waals surface area (Å²) >= 11 is 1.62. The molecule has 2 aliphatic rings. The molecule has 3 N–H and O–H groups in total. The Kier molecular flexibility index (Phi) is 7.91. The number of nitrogens with zero attached hydrogens (tertiary/aromatic N) is 1. The molecule has 2 aliphatic heterocycles. The Morgan fingerprint density at radius 1 is 1.16 bits per heavy atom. The van der Waals surface area contributed by atoms with Gasteiger partial charge in [0.05, 0.1) is 12.2 Å². The number of hydrogen-bond donors (Lipinski definition) is 3. The largest absolute Gasteiger partial charge is 0.486 e. The highest BCUT2D eigenvalue weighted by Crippen LogP contribution is 2.31. The van der Waals surface area contributed by atoms with Crippen molar-refractivity contribution in [1.82, 2.24) is 10.2 Å². The van der Waals surface area contributed by atoms with E-state index in [1.807, 2.05) is 54.8 Å². The number of piperidine rings is 1. The van der Waals surface area contributed by atoms with Gasteiger partial charge in [0.25, 0.3) is 0 Å². The topological polar surface area (TPSA) is 83.1 Å². The number of para-hydroxylation sites is 3. The summed E-state index contributed by atoms with van der Waals surface area (Å²) in [5.41, 5.74) is 0.868. The summed E-state index contributed by atoms with van der Waals surface area (Å²) in [5.74, 6) is 1.41. The number of aliphatic hydroxyl groups is 1. The molecule has 4 rings (SSSR count). The Morgan fingerprint density at radius 3 is 2.66 bits per heavy atom. The minimum absolute atomic E-state index is 0.0167. The molecule has 0 aromatic heterocycles. The predicted molar refractivity (Wildman–Crippen MR) is 127 cm³/mol. The zero-order valence-corrected chi connectivity index (χ0v) is 19.1. The Hall–Kier alpha value is -2.26. The van der Waals surface area contributed by atoms with Crippen molar-refractivity contribution in [2.24, 2.45) is 0 Å². The van der Waals surface area contributed by atoms with Gasteiger partial charge < -0.3 is 25.2 Å². The van der Waals surface area contributed by atoms with Gasteiger partial charge in [0.1, 0.15) is 12.7 Å². The van der Waals surface area contributed by atoms with Crippen LogP contribution < -0.4 is 20.1 Å². The van der Waals surface area contributed by atoms with E-state index in [2.05, 4.69) is 15.5 Å². The number of carbonyl (C=O) groups is 1. The Bertz CT molecular complexity index is 904. The third-order valence-corrected chi connectivity index (χ3v) is 6.71. The first-order chi connectivity index (χ1) is 15.6. The molecule has 2 heterocycles.